The number of carbonyl (C=O) groups excluding carboxylic acids is 2. The number of aromatic nitrogens is 1. The molecule has 0 aliphatic carbocycles. The molecular formula is C20H27N5O4S2. The SMILES string of the molecule is Cc1ccc(S(=O)(=O)N2CCN(CC(=O)Nc3nc(C)c(C(=O)N(C)C)s3)CC2)cc1. The first kappa shape index (κ1) is 23.3. The number of nitrogens with zero attached hydrogens (tertiary/aromatic N) is 4. The van der Waals surface area contributed by atoms with Crippen molar-refractivity contribution in [2.24, 2.45) is 0 Å². The molecule has 0 bridgehead atoms. The number of amides is 2. The van der Waals surface area contributed by atoms with Gasteiger partial charge in [0.2, 0.25) is 15.9 Å². The highest BCUT2D eigenvalue weighted by Gasteiger charge is 2.29. The summed E-state index contributed by atoms with van der Waals surface area (Å²) in [5.41, 5.74) is 1.58. The maximum absolute atomic E-state index is 12.8. The van der Waals surface area contributed by atoms with Gasteiger partial charge in [-0.05, 0) is 26.0 Å². The number of carbonyl (C=O) groups is 2. The van der Waals surface area contributed by atoms with Gasteiger partial charge in [-0.2, -0.15) is 4.31 Å². The molecule has 9 nitrogen and oxygen atoms in total. The first-order valence-corrected chi connectivity index (χ1v) is 12.1. The number of hydrogen-bond donors (Lipinski definition) is 1. The molecule has 2 heterocycles. The third kappa shape index (κ3) is 5.48. The Labute approximate surface area is 186 Å². The van der Waals surface area contributed by atoms with E-state index in [0.29, 0.717) is 41.9 Å². The second-order valence-electron chi connectivity index (χ2n) is 7.67. The molecule has 0 atom stereocenters. The van der Waals surface area contributed by atoms with Gasteiger partial charge in [-0.1, -0.05) is 29.0 Å². The maximum atomic E-state index is 12.8. The summed E-state index contributed by atoms with van der Waals surface area (Å²) >= 11 is 1.15. The molecule has 3 rings (SSSR count). The van der Waals surface area contributed by atoms with E-state index < -0.39 is 10.0 Å². The summed E-state index contributed by atoms with van der Waals surface area (Å²) in [4.78, 5) is 33.0. The van der Waals surface area contributed by atoms with E-state index in [4.69, 9.17) is 0 Å². The van der Waals surface area contributed by atoms with Gasteiger partial charge in [-0.25, -0.2) is 13.4 Å². The quantitative estimate of drug-likeness (QED) is 0.692. The Balaban J connectivity index is 1.54. The topological polar surface area (TPSA) is 103 Å². The van der Waals surface area contributed by atoms with E-state index >= 15 is 0 Å². The molecule has 0 spiro atoms. The number of piperazine rings is 1. The molecule has 1 aliphatic rings. The highest BCUT2D eigenvalue weighted by atomic mass is 32.2. The molecule has 2 aromatic rings. The van der Waals surface area contributed by atoms with Crippen molar-refractivity contribution >= 4 is 38.3 Å². The standard InChI is InChI=1S/C20H27N5O4S2/c1-14-5-7-16(8-6-14)31(28,29)25-11-9-24(10-12-25)13-17(26)22-20-21-15(2)18(30-20)19(27)23(3)4/h5-8H,9-13H2,1-4H3,(H,21,22,26). The second-order valence-corrected chi connectivity index (χ2v) is 10.6. The van der Waals surface area contributed by atoms with Crippen LogP contribution in [0.25, 0.3) is 0 Å². The summed E-state index contributed by atoms with van der Waals surface area (Å²) in [6, 6.07) is 6.81. The molecule has 0 saturated carbocycles. The third-order valence-electron chi connectivity index (χ3n) is 5.00. The summed E-state index contributed by atoms with van der Waals surface area (Å²) < 4.78 is 27.0. The lowest BCUT2D eigenvalue weighted by molar-refractivity contribution is -0.117. The van der Waals surface area contributed by atoms with Crippen molar-refractivity contribution in [3.05, 3.63) is 40.4 Å². The van der Waals surface area contributed by atoms with Crippen LogP contribution in [0.4, 0.5) is 5.13 Å². The highest BCUT2D eigenvalue weighted by molar-refractivity contribution is 7.89. The van der Waals surface area contributed by atoms with Crippen LogP contribution in [0.2, 0.25) is 0 Å². The fourth-order valence-electron chi connectivity index (χ4n) is 3.20. The third-order valence-corrected chi connectivity index (χ3v) is 7.97. The lowest BCUT2D eigenvalue weighted by Gasteiger charge is -2.33. The normalized spacial score (nSPS) is 15.6. The second kappa shape index (κ2) is 9.43. The smallest absolute Gasteiger partial charge is 0.265 e. The Hall–Kier alpha value is -2.34. The van der Waals surface area contributed by atoms with E-state index in [9.17, 15) is 18.0 Å². The lowest BCUT2D eigenvalue weighted by atomic mass is 10.2. The van der Waals surface area contributed by atoms with Crippen LogP contribution in [0.1, 0.15) is 20.9 Å². The van der Waals surface area contributed by atoms with E-state index in [1.807, 2.05) is 11.8 Å². The monoisotopic (exact) mass is 465 g/mol. The maximum Gasteiger partial charge on any atom is 0.265 e. The van der Waals surface area contributed by atoms with Gasteiger partial charge in [0.25, 0.3) is 5.91 Å². The Kier molecular flexibility index (Phi) is 7.10. The highest BCUT2D eigenvalue weighted by Crippen LogP contribution is 2.24. The van der Waals surface area contributed by atoms with E-state index in [1.54, 1.807) is 45.3 Å². The zero-order valence-corrected chi connectivity index (χ0v) is 19.7. The summed E-state index contributed by atoms with van der Waals surface area (Å²) in [7, 11) is -0.204. The Morgan fingerprint density at radius 1 is 1.10 bits per heavy atom. The fourth-order valence-corrected chi connectivity index (χ4v) is 5.63. The summed E-state index contributed by atoms with van der Waals surface area (Å²) in [6.07, 6.45) is 0. The number of anilines is 1. The molecule has 2 amide bonds. The van der Waals surface area contributed by atoms with Crippen LogP contribution < -0.4 is 5.32 Å². The largest absolute Gasteiger partial charge is 0.344 e. The minimum absolute atomic E-state index is 0.133. The Morgan fingerprint density at radius 2 is 1.71 bits per heavy atom. The van der Waals surface area contributed by atoms with Crippen LogP contribution in [0.15, 0.2) is 29.2 Å². The molecule has 11 heteroatoms. The molecule has 0 radical (unpaired) electrons. The molecule has 168 valence electrons. The van der Waals surface area contributed by atoms with Gasteiger partial charge in [-0.15, -0.1) is 0 Å². The zero-order valence-electron chi connectivity index (χ0n) is 18.1. The van der Waals surface area contributed by atoms with Gasteiger partial charge in [-0.3, -0.25) is 14.5 Å². The minimum atomic E-state index is -3.53. The van der Waals surface area contributed by atoms with Gasteiger partial charge in [0, 0.05) is 40.3 Å². The lowest BCUT2D eigenvalue weighted by Crippen LogP contribution is -2.50. The van der Waals surface area contributed by atoms with Gasteiger partial charge in [0.05, 0.1) is 17.1 Å². The number of nitrogens with one attached hydrogen (secondary N) is 1. The average molecular weight is 466 g/mol. The molecule has 1 aromatic carbocycles. The van der Waals surface area contributed by atoms with Crippen LogP contribution >= 0.6 is 11.3 Å². The van der Waals surface area contributed by atoms with Gasteiger partial charge < -0.3 is 10.2 Å². The van der Waals surface area contributed by atoms with Crippen molar-refractivity contribution in [1.82, 2.24) is 19.1 Å². The van der Waals surface area contributed by atoms with Crippen molar-refractivity contribution < 1.29 is 18.0 Å². The minimum Gasteiger partial charge on any atom is -0.344 e. The number of aryl methyl sites for hydroxylation is 2. The molecule has 0 unspecified atom stereocenters. The zero-order chi connectivity index (χ0) is 22.8. The summed E-state index contributed by atoms with van der Waals surface area (Å²) in [5.74, 6) is -0.395. The van der Waals surface area contributed by atoms with Crippen molar-refractivity contribution in [1.29, 1.82) is 0 Å². The van der Waals surface area contributed by atoms with E-state index in [0.717, 1.165) is 16.9 Å². The molecule has 1 aromatic heterocycles. The Bertz CT molecular complexity index is 1060. The van der Waals surface area contributed by atoms with Crippen molar-refractivity contribution in [3.63, 3.8) is 0 Å². The number of sulfonamides is 1. The fraction of sp³-hybridized carbons (Fsp3) is 0.450. The van der Waals surface area contributed by atoms with Crippen molar-refractivity contribution in [2.45, 2.75) is 18.7 Å². The van der Waals surface area contributed by atoms with Crippen LogP contribution in [0.3, 0.4) is 0 Å². The van der Waals surface area contributed by atoms with Crippen LogP contribution in [0, 0.1) is 13.8 Å². The van der Waals surface area contributed by atoms with Crippen LogP contribution in [-0.4, -0.2) is 86.1 Å². The van der Waals surface area contributed by atoms with Gasteiger partial charge in [0.1, 0.15) is 4.88 Å². The summed E-state index contributed by atoms with van der Waals surface area (Å²) in [6.45, 7) is 5.33. The molecule has 1 aliphatic heterocycles. The van der Waals surface area contributed by atoms with E-state index in [-0.39, 0.29) is 23.3 Å². The molecular weight excluding hydrogens is 438 g/mol. The van der Waals surface area contributed by atoms with E-state index in [2.05, 4.69) is 10.3 Å². The van der Waals surface area contributed by atoms with Gasteiger partial charge >= 0.3 is 0 Å². The molecule has 1 fully saturated rings. The first-order chi connectivity index (χ1) is 14.6. The predicted molar refractivity (Wildman–Crippen MR) is 120 cm³/mol. The number of thiazole rings is 1. The molecule has 1 saturated heterocycles. The van der Waals surface area contributed by atoms with E-state index in [1.165, 1.54) is 9.21 Å². The molecule has 31 heavy (non-hydrogen) atoms. The number of rotatable bonds is 6. The van der Waals surface area contributed by atoms with Crippen LogP contribution in [-0.2, 0) is 14.8 Å². The number of hydrogen-bond acceptors (Lipinski definition) is 7. The van der Waals surface area contributed by atoms with Crippen LogP contribution in [0.5, 0.6) is 0 Å². The average Bonchev–Trinajstić information content (AvgIpc) is 3.07. The first-order valence-electron chi connectivity index (χ1n) is 9.86. The number of benzene rings is 1. The molecule has 1 N–H and O–H groups in total. The predicted octanol–water partition coefficient (Wildman–Crippen LogP) is 1.41. The Morgan fingerprint density at radius 3 is 2.29 bits per heavy atom. The van der Waals surface area contributed by atoms with Crippen molar-refractivity contribution in [2.75, 3.05) is 52.1 Å². The van der Waals surface area contributed by atoms with Gasteiger partial charge in [0.15, 0.2) is 5.13 Å². The summed E-state index contributed by atoms with van der Waals surface area (Å²) in [5, 5.41) is 3.12. The van der Waals surface area contributed by atoms with Crippen molar-refractivity contribution in [3.8, 4) is 0 Å².